The molecule has 24 heavy (non-hydrogen) atoms. The van der Waals surface area contributed by atoms with Gasteiger partial charge in [0.15, 0.2) is 5.78 Å². The van der Waals surface area contributed by atoms with E-state index < -0.39 is 5.60 Å². The van der Waals surface area contributed by atoms with E-state index in [1.165, 1.54) is 11.1 Å². The van der Waals surface area contributed by atoms with Gasteiger partial charge in [-0.25, -0.2) is 0 Å². The smallest absolute Gasteiger partial charge is 0.156 e. The molecule has 0 aromatic carbocycles. The molecule has 0 bridgehead atoms. The second-order valence-corrected chi connectivity index (χ2v) is 8.46. The molecule has 0 saturated heterocycles. The fourth-order valence-electron chi connectivity index (χ4n) is 5.50. The minimum Gasteiger partial charge on any atom is -0.388 e. The lowest BCUT2D eigenvalue weighted by molar-refractivity contribution is -0.114. The molecule has 126 valence electrons. The van der Waals surface area contributed by atoms with Gasteiger partial charge in [-0.3, -0.25) is 4.79 Å². The van der Waals surface area contributed by atoms with Crippen LogP contribution in [0.1, 0.15) is 45.4 Å². The van der Waals surface area contributed by atoms with Crippen molar-refractivity contribution in [3.8, 4) is 6.07 Å². The summed E-state index contributed by atoms with van der Waals surface area (Å²) in [7, 11) is 0. The number of allylic oxidation sites excluding steroid dienone is 5. The van der Waals surface area contributed by atoms with Gasteiger partial charge >= 0.3 is 0 Å². The average molecular weight is 344 g/mol. The van der Waals surface area contributed by atoms with E-state index in [0.29, 0.717) is 24.7 Å². The molecule has 1 unspecified atom stereocenters. The van der Waals surface area contributed by atoms with Gasteiger partial charge in [0.25, 0.3) is 0 Å². The number of nitrogens with zero attached hydrogens (tertiary/aromatic N) is 1. The number of halogens is 1. The van der Waals surface area contributed by atoms with Crippen LogP contribution >= 0.6 is 11.6 Å². The van der Waals surface area contributed by atoms with E-state index in [4.69, 9.17) is 16.9 Å². The quantitative estimate of drug-likeness (QED) is 0.736. The lowest BCUT2D eigenvalue weighted by Crippen LogP contribution is -2.48. The molecule has 4 aliphatic carbocycles. The monoisotopic (exact) mass is 343 g/mol. The predicted molar refractivity (Wildman–Crippen MR) is 92.2 cm³/mol. The maximum Gasteiger partial charge on any atom is 0.156 e. The van der Waals surface area contributed by atoms with Crippen molar-refractivity contribution < 1.29 is 9.90 Å². The van der Waals surface area contributed by atoms with Gasteiger partial charge in [-0.2, -0.15) is 5.26 Å². The van der Waals surface area contributed by atoms with E-state index in [1.54, 1.807) is 6.08 Å². The zero-order valence-electron chi connectivity index (χ0n) is 13.9. The Hall–Kier alpha value is -1.37. The summed E-state index contributed by atoms with van der Waals surface area (Å²) in [6.45, 7) is 2.10. The van der Waals surface area contributed by atoms with Gasteiger partial charge in [0.05, 0.1) is 23.5 Å². The van der Waals surface area contributed by atoms with E-state index in [1.807, 2.05) is 0 Å². The van der Waals surface area contributed by atoms with E-state index >= 15 is 0 Å². The Kier molecular flexibility index (Phi) is 3.57. The lowest BCUT2D eigenvalue weighted by atomic mass is 9.58. The van der Waals surface area contributed by atoms with Crippen LogP contribution in [-0.2, 0) is 4.79 Å². The predicted octanol–water partition coefficient (Wildman–Crippen LogP) is 3.83. The first kappa shape index (κ1) is 16.1. The molecule has 4 heteroatoms. The largest absolute Gasteiger partial charge is 0.388 e. The number of fused-ring (bicyclic) bond motifs is 4. The second kappa shape index (κ2) is 5.31. The number of carbonyl (C=O) groups excluding carboxylic acids is 1. The van der Waals surface area contributed by atoms with Crippen LogP contribution in [0, 0.1) is 28.6 Å². The Morgan fingerprint density at radius 3 is 3.00 bits per heavy atom. The number of rotatable bonds is 1. The first-order valence-electron chi connectivity index (χ1n) is 8.80. The second-order valence-electron chi connectivity index (χ2n) is 7.94. The van der Waals surface area contributed by atoms with Gasteiger partial charge in [0, 0.05) is 11.8 Å². The van der Waals surface area contributed by atoms with Crippen molar-refractivity contribution in [2.45, 2.75) is 56.4 Å². The highest BCUT2D eigenvalue weighted by Gasteiger charge is 2.59. The van der Waals surface area contributed by atoms with E-state index in [9.17, 15) is 9.90 Å². The van der Waals surface area contributed by atoms with Gasteiger partial charge in [-0.1, -0.05) is 19.1 Å². The first-order chi connectivity index (χ1) is 11.4. The molecule has 4 aliphatic rings. The third-order valence-electron chi connectivity index (χ3n) is 6.94. The summed E-state index contributed by atoms with van der Waals surface area (Å²) in [4.78, 5) is 11.8. The van der Waals surface area contributed by atoms with Crippen molar-refractivity contribution in [2.24, 2.45) is 17.3 Å². The van der Waals surface area contributed by atoms with Crippen LogP contribution in [0.5, 0.6) is 0 Å². The Labute approximate surface area is 147 Å². The number of nitriles is 1. The van der Waals surface area contributed by atoms with Crippen molar-refractivity contribution in [3.05, 3.63) is 34.9 Å². The van der Waals surface area contributed by atoms with Gasteiger partial charge in [0.2, 0.25) is 0 Å². The molecule has 0 amide bonds. The van der Waals surface area contributed by atoms with Crippen molar-refractivity contribution >= 4 is 17.4 Å². The molecule has 0 radical (unpaired) electrons. The van der Waals surface area contributed by atoms with E-state index in [-0.39, 0.29) is 23.0 Å². The minimum atomic E-state index is -0.945. The molecule has 1 N–H and O–H groups in total. The fourth-order valence-corrected chi connectivity index (χ4v) is 5.89. The molecule has 0 aliphatic heterocycles. The first-order valence-corrected chi connectivity index (χ1v) is 9.24. The van der Waals surface area contributed by atoms with E-state index in [2.05, 4.69) is 25.1 Å². The number of hydrogen-bond donors (Lipinski definition) is 1. The van der Waals surface area contributed by atoms with Crippen LogP contribution < -0.4 is 0 Å². The van der Waals surface area contributed by atoms with Crippen LogP contribution in [0.15, 0.2) is 34.9 Å². The molecule has 0 spiro atoms. The number of ketones is 1. The van der Waals surface area contributed by atoms with Crippen molar-refractivity contribution in [1.29, 1.82) is 5.26 Å². The Morgan fingerprint density at radius 1 is 1.46 bits per heavy atom. The molecule has 0 aromatic heterocycles. The maximum absolute atomic E-state index is 11.8. The van der Waals surface area contributed by atoms with Crippen LogP contribution in [0.25, 0.3) is 0 Å². The molecule has 3 nitrogen and oxygen atoms in total. The van der Waals surface area contributed by atoms with Gasteiger partial charge < -0.3 is 5.11 Å². The molecular formula is C20H22ClNO2. The molecule has 1 saturated carbocycles. The lowest BCUT2D eigenvalue weighted by Gasteiger charge is -2.48. The highest BCUT2D eigenvalue weighted by molar-refractivity contribution is 6.23. The summed E-state index contributed by atoms with van der Waals surface area (Å²) in [5.74, 6) is 0.798. The summed E-state index contributed by atoms with van der Waals surface area (Å²) in [5, 5.41) is 20.1. The number of hydrogen-bond acceptors (Lipinski definition) is 3. The van der Waals surface area contributed by atoms with Crippen molar-refractivity contribution in [2.75, 3.05) is 0 Å². The molecule has 1 fully saturated rings. The van der Waals surface area contributed by atoms with Gasteiger partial charge in [-0.05, 0) is 60.3 Å². The summed E-state index contributed by atoms with van der Waals surface area (Å²) >= 11 is 6.65. The fraction of sp³-hybridized carbons (Fsp3) is 0.600. The highest BCUT2D eigenvalue weighted by Crippen LogP contribution is 2.62. The standard InChI is InChI=1S/C20H22ClNO2/c1-19-6-4-14-13-3-2-12(23)10-16(13)18(21)11-15(14)17(19)5-7-20(19,24)8-9-22/h4,6,10,15,17-18,24H,2-3,5,7-8,11H2,1H3/t15-,17+,18?,19+,20-/m1/s1. The zero-order valence-corrected chi connectivity index (χ0v) is 14.6. The number of carbonyl (C=O) groups is 1. The number of aliphatic hydroxyl groups is 1. The number of alkyl halides is 1. The molecular weight excluding hydrogens is 322 g/mol. The third-order valence-corrected chi connectivity index (χ3v) is 7.35. The van der Waals surface area contributed by atoms with Gasteiger partial charge in [-0.15, -0.1) is 11.6 Å². The van der Waals surface area contributed by atoms with Gasteiger partial charge in [0.1, 0.15) is 0 Å². The van der Waals surface area contributed by atoms with Crippen LogP contribution in [0.3, 0.4) is 0 Å². The van der Waals surface area contributed by atoms with Crippen molar-refractivity contribution in [3.63, 3.8) is 0 Å². The Morgan fingerprint density at radius 2 is 2.25 bits per heavy atom. The van der Waals surface area contributed by atoms with E-state index in [0.717, 1.165) is 24.8 Å². The Bertz CT molecular complexity index is 743. The minimum absolute atomic E-state index is 0.126. The zero-order chi connectivity index (χ0) is 17.1. The highest BCUT2D eigenvalue weighted by atomic mass is 35.5. The van der Waals surface area contributed by atoms with Crippen LogP contribution in [0.4, 0.5) is 0 Å². The average Bonchev–Trinajstić information content (AvgIpc) is 2.80. The SMILES string of the molecule is C[C@]12C=CC3=C4CCC(=O)C=C4C(Cl)C[C@H]3[C@@H]1CC[C@@]2(O)CC#N. The molecule has 0 aromatic rings. The summed E-state index contributed by atoms with van der Waals surface area (Å²) in [5.41, 5.74) is 2.26. The molecule has 0 heterocycles. The summed E-state index contributed by atoms with van der Waals surface area (Å²) < 4.78 is 0. The normalized spacial score (nSPS) is 43.7. The van der Waals surface area contributed by atoms with Crippen molar-refractivity contribution in [1.82, 2.24) is 0 Å². The summed E-state index contributed by atoms with van der Waals surface area (Å²) in [6, 6.07) is 2.17. The Balaban J connectivity index is 1.82. The van der Waals surface area contributed by atoms with Crippen LogP contribution in [-0.4, -0.2) is 21.9 Å². The maximum atomic E-state index is 11.8. The summed E-state index contributed by atoms with van der Waals surface area (Å²) in [6.07, 6.45) is 9.92. The molecule has 5 atom stereocenters. The topological polar surface area (TPSA) is 61.1 Å². The van der Waals surface area contributed by atoms with Crippen LogP contribution in [0.2, 0.25) is 0 Å². The third kappa shape index (κ3) is 2.03. The molecule has 4 rings (SSSR count).